The molecule has 1 atom stereocenters. The molecule has 3 heteroatoms. The van der Waals surface area contributed by atoms with Crippen molar-refractivity contribution < 1.29 is 4.57 Å². The Hall–Kier alpha value is -1.37. The summed E-state index contributed by atoms with van der Waals surface area (Å²) in [6.07, 6.45) is 0. The molecule has 0 saturated heterocycles. The van der Waals surface area contributed by atoms with Gasteiger partial charge in [0.15, 0.2) is 7.29 Å². The second kappa shape index (κ2) is 5.31. The highest BCUT2D eigenvalue weighted by atomic mass is 31.2. The summed E-state index contributed by atoms with van der Waals surface area (Å²) in [5.41, 5.74) is 1.09. The highest BCUT2D eigenvalue weighted by Crippen LogP contribution is 2.36. The molecule has 0 aliphatic heterocycles. The first kappa shape index (κ1) is 12.1. The molecule has 1 radical (unpaired) electrons. The smallest absolute Gasteiger partial charge is 0.189 e. The van der Waals surface area contributed by atoms with E-state index in [0.29, 0.717) is 6.54 Å². The fraction of sp³-hybridized carbons (Fsp3) is 0.143. The molecule has 17 heavy (non-hydrogen) atoms. The summed E-state index contributed by atoms with van der Waals surface area (Å²) in [4.78, 5) is 0. The number of nitrogens with zero attached hydrogens (tertiary/aromatic N) is 1. The third-order valence-corrected chi connectivity index (χ3v) is 4.54. The van der Waals surface area contributed by atoms with E-state index in [1.165, 1.54) is 0 Å². The minimum atomic E-state index is -2.59. The standard InChI is InChI=1S/C14H15NOP/c1-17(16,14-10-6-3-7-11-14)15-12-13-8-4-2-5-9-13/h2-11H,12H2,1H3/t17-/m1/s1. The van der Waals surface area contributed by atoms with Crippen LogP contribution in [0.15, 0.2) is 60.7 Å². The van der Waals surface area contributed by atoms with Crippen LogP contribution in [-0.4, -0.2) is 6.66 Å². The van der Waals surface area contributed by atoms with Gasteiger partial charge in [0, 0.05) is 18.5 Å². The first-order valence-corrected chi connectivity index (χ1v) is 7.65. The molecule has 0 aliphatic rings. The van der Waals surface area contributed by atoms with Crippen molar-refractivity contribution in [3.63, 3.8) is 0 Å². The molecule has 2 aromatic carbocycles. The Labute approximate surface area is 102 Å². The van der Waals surface area contributed by atoms with Crippen molar-refractivity contribution >= 4 is 12.6 Å². The SMILES string of the molecule is C[P@](=O)([N]Cc1ccccc1)c1ccccc1. The summed E-state index contributed by atoms with van der Waals surface area (Å²) < 4.78 is 12.4. The van der Waals surface area contributed by atoms with E-state index in [1.54, 1.807) is 6.66 Å². The molecular formula is C14H15NOP. The van der Waals surface area contributed by atoms with Gasteiger partial charge in [-0.1, -0.05) is 60.7 Å². The van der Waals surface area contributed by atoms with Gasteiger partial charge in [0.2, 0.25) is 0 Å². The molecule has 0 aliphatic carbocycles. The summed E-state index contributed by atoms with van der Waals surface area (Å²) in [5, 5.41) is 5.17. The van der Waals surface area contributed by atoms with E-state index < -0.39 is 7.29 Å². The van der Waals surface area contributed by atoms with Crippen molar-refractivity contribution in [1.82, 2.24) is 5.09 Å². The minimum absolute atomic E-state index is 0.503. The molecular weight excluding hydrogens is 229 g/mol. The molecule has 0 fully saturated rings. The van der Waals surface area contributed by atoms with E-state index in [9.17, 15) is 4.57 Å². The maximum Gasteiger partial charge on any atom is 0.189 e. The van der Waals surface area contributed by atoms with Crippen molar-refractivity contribution in [3.05, 3.63) is 66.2 Å². The van der Waals surface area contributed by atoms with E-state index in [4.69, 9.17) is 0 Å². The third-order valence-electron chi connectivity index (χ3n) is 2.60. The van der Waals surface area contributed by atoms with Crippen LogP contribution in [0.5, 0.6) is 0 Å². The van der Waals surface area contributed by atoms with Gasteiger partial charge in [-0.3, -0.25) is 0 Å². The summed E-state index contributed by atoms with van der Waals surface area (Å²) >= 11 is 0. The van der Waals surface area contributed by atoms with Crippen molar-refractivity contribution in [3.8, 4) is 0 Å². The molecule has 0 bridgehead atoms. The second-order valence-electron chi connectivity index (χ2n) is 4.00. The van der Waals surface area contributed by atoms with Crippen LogP contribution in [0.1, 0.15) is 5.56 Å². The zero-order valence-corrected chi connectivity index (χ0v) is 10.7. The minimum Gasteiger partial charge on any atom is -0.300 e. The molecule has 87 valence electrons. The molecule has 0 N–H and O–H groups in total. The van der Waals surface area contributed by atoms with Crippen molar-refractivity contribution in [1.29, 1.82) is 0 Å². The Kier molecular flexibility index (Phi) is 3.78. The van der Waals surface area contributed by atoms with E-state index in [1.807, 2.05) is 60.7 Å². The predicted molar refractivity (Wildman–Crippen MR) is 71.9 cm³/mol. The lowest BCUT2D eigenvalue weighted by Crippen LogP contribution is -2.12. The fourth-order valence-electron chi connectivity index (χ4n) is 1.59. The van der Waals surface area contributed by atoms with Gasteiger partial charge < -0.3 is 4.57 Å². The average molecular weight is 244 g/mol. The Balaban J connectivity index is 2.06. The Morgan fingerprint density at radius 1 is 0.941 bits per heavy atom. The van der Waals surface area contributed by atoms with E-state index >= 15 is 0 Å². The molecule has 2 aromatic rings. The highest BCUT2D eigenvalue weighted by molar-refractivity contribution is 7.68. The number of hydrogen-bond acceptors (Lipinski definition) is 1. The molecule has 2 nitrogen and oxygen atoms in total. The van der Waals surface area contributed by atoms with Gasteiger partial charge in [0.25, 0.3) is 0 Å². The number of hydrogen-bond donors (Lipinski definition) is 0. The number of benzene rings is 2. The van der Waals surface area contributed by atoms with E-state index in [0.717, 1.165) is 10.9 Å². The lowest BCUT2D eigenvalue weighted by atomic mass is 10.2. The quantitative estimate of drug-likeness (QED) is 0.760. The van der Waals surface area contributed by atoms with Crippen LogP contribution in [0.4, 0.5) is 0 Å². The lowest BCUT2D eigenvalue weighted by Gasteiger charge is -2.12. The first-order valence-electron chi connectivity index (χ1n) is 5.54. The van der Waals surface area contributed by atoms with Gasteiger partial charge in [0.05, 0.1) is 0 Å². The zero-order valence-electron chi connectivity index (χ0n) is 9.78. The van der Waals surface area contributed by atoms with Crippen LogP contribution < -0.4 is 10.4 Å². The van der Waals surface area contributed by atoms with Gasteiger partial charge in [0.1, 0.15) is 0 Å². The maximum atomic E-state index is 12.4. The normalized spacial score (nSPS) is 14.2. The van der Waals surface area contributed by atoms with Crippen molar-refractivity contribution in [2.45, 2.75) is 6.54 Å². The van der Waals surface area contributed by atoms with Gasteiger partial charge in [-0.15, -0.1) is 0 Å². The van der Waals surface area contributed by atoms with Gasteiger partial charge in [-0.25, -0.2) is 0 Å². The van der Waals surface area contributed by atoms with Crippen LogP contribution in [0, 0.1) is 0 Å². The lowest BCUT2D eigenvalue weighted by molar-refractivity contribution is 0.574. The van der Waals surface area contributed by atoms with Gasteiger partial charge in [-0.2, -0.15) is 5.09 Å². The van der Waals surface area contributed by atoms with E-state index in [-0.39, 0.29) is 0 Å². The molecule has 0 saturated carbocycles. The van der Waals surface area contributed by atoms with E-state index in [2.05, 4.69) is 5.09 Å². The summed E-state index contributed by atoms with van der Waals surface area (Å²) in [7, 11) is -2.59. The van der Waals surface area contributed by atoms with Crippen LogP contribution >= 0.6 is 7.29 Å². The first-order chi connectivity index (χ1) is 8.18. The van der Waals surface area contributed by atoms with Gasteiger partial charge in [-0.05, 0) is 5.56 Å². The average Bonchev–Trinajstić information content (AvgIpc) is 2.39. The summed E-state index contributed by atoms with van der Waals surface area (Å²) in [6.45, 7) is 2.22. The topological polar surface area (TPSA) is 31.2 Å². The Bertz CT molecular complexity index is 510. The molecule has 2 rings (SSSR count). The monoisotopic (exact) mass is 244 g/mol. The van der Waals surface area contributed by atoms with Crippen molar-refractivity contribution in [2.75, 3.05) is 6.66 Å². The summed E-state index contributed by atoms with van der Waals surface area (Å²) in [5.74, 6) is 0. The fourth-order valence-corrected chi connectivity index (χ4v) is 2.91. The van der Waals surface area contributed by atoms with Crippen LogP contribution in [0.2, 0.25) is 0 Å². The Morgan fingerprint density at radius 3 is 2.06 bits per heavy atom. The van der Waals surface area contributed by atoms with Crippen LogP contribution in [-0.2, 0) is 11.1 Å². The second-order valence-corrected chi connectivity index (χ2v) is 6.56. The molecule has 0 amide bonds. The largest absolute Gasteiger partial charge is 0.300 e. The van der Waals surface area contributed by atoms with Crippen LogP contribution in [0.3, 0.4) is 0 Å². The predicted octanol–water partition coefficient (Wildman–Crippen LogP) is 3.02. The zero-order chi connectivity index (χ0) is 12.1. The highest BCUT2D eigenvalue weighted by Gasteiger charge is 2.18. The maximum absolute atomic E-state index is 12.4. The third kappa shape index (κ3) is 3.29. The Morgan fingerprint density at radius 2 is 1.47 bits per heavy atom. The van der Waals surface area contributed by atoms with Gasteiger partial charge >= 0.3 is 0 Å². The molecule has 0 spiro atoms. The molecule has 0 aromatic heterocycles. The molecule has 0 heterocycles. The summed E-state index contributed by atoms with van der Waals surface area (Å²) in [6, 6.07) is 19.3. The van der Waals surface area contributed by atoms with Crippen molar-refractivity contribution in [2.24, 2.45) is 0 Å². The number of rotatable bonds is 4. The van der Waals surface area contributed by atoms with Crippen LogP contribution in [0.25, 0.3) is 0 Å². The molecule has 0 unspecified atom stereocenters.